The lowest BCUT2D eigenvalue weighted by molar-refractivity contribution is -0.559. The van der Waals surface area contributed by atoms with E-state index in [1.165, 1.54) is 5.56 Å². The predicted octanol–water partition coefficient (Wildman–Crippen LogP) is 0.905. The Morgan fingerprint density at radius 1 is 1.50 bits per heavy atom. The summed E-state index contributed by atoms with van der Waals surface area (Å²) in [6.07, 6.45) is 4.17. The fourth-order valence-corrected chi connectivity index (χ4v) is 1.53. The van der Waals surface area contributed by atoms with Crippen LogP contribution >= 0.6 is 0 Å². The Hall–Kier alpha value is -1.38. The van der Waals surface area contributed by atoms with Gasteiger partial charge >= 0.3 is 5.96 Å². The minimum atomic E-state index is 0.560. The van der Waals surface area contributed by atoms with Gasteiger partial charge in [-0.15, -0.1) is 4.99 Å². The molecule has 1 N–H and O–H groups in total. The second-order valence-electron chi connectivity index (χ2n) is 3.83. The van der Waals surface area contributed by atoms with Crippen molar-refractivity contribution >= 4 is 5.96 Å². The van der Waals surface area contributed by atoms with Crippen molar-refractivity contribution in [2.24, 2.45) is 4.99 Å². The number of rotatable bonds is 1. The molecule has 1 aliphatic rings. The summed E-state index contributed by atoms with van der Waals surface area (Å²) in [5, 5.41) is 3.25. The van der Waals surface area contributed by atoms with Crippen LogP contribution in [-0.2, 0) is 0 Å². The summed E-state index contributed by atoms with van der Waals surface area (Å²) in [6.45, 7) is 6.23. The quantitative estimate of drug-likeness (QED) is 0.655. The van der Waals surface area contributed by atoms with Crippen molar-refractivity contribution in [3.8, 4) is 0 Å². The summed E-state index contributed by atoms with van der Waals surface area (Å²) in [5.41, 5.74) is 1.34. The van der Waals surface area contributed by atoms with Crippen molar-refractivity contribution in [2.45, 2.75) is 19.8 Å². The molecule has 0 spiro atoms. The van der Waals surface area contributed by atoms with E-state index in [2.05, 4.69) is 47.1 Å². The first-order valence-electron chi connectivity index (χ1n) is 5.07. The summed E-state index contributed by atoms with van der Waals surface area (Å²) in [6, 6.07) is 4.22. The van der Waals surface area contributed by atoms with Gasteiger partial charge in [0.05, 0.1) is 18.9 Å². The van der Waals surface area contributed by atoms with Crippen LogP contribution in [0, 0.1) is 0 Å². The van der Waals surface area contributed by atoms with Gasteiger partial charge in [-0.25, -0.2) is 4.57 Å². The first-order chi connectivity index (χ1) is 6.77. The molecule has 0 amide bonds. The lowest BCUT2D eigenvalue weighted by atomic mass is 10.1. The van der Waals surface area contributed by atoms with Crippen LogP contribution in [0.3, 0.4) is 0 Å². The first kappa shape index (κ1) is 9.19. The molecule has 0 radical (unpaired) electrons. The van der Waals surface area contributed by atoms with Crippen molar-refractivity contribution in [3.63, 3.8) is 0 Å². The first-order valence-corrected chi connectivity index (χ1v) is 5.07. The fraction of sp³-hybridized carbons (Fsp3) is 0.455. The topological polar surface area (TPSA) is 28.3 Å². The van der Waals surface area contributed by atoms with Gasteiger partial charge in [-0.2, -0.15) is 0 Å². The van der Waals surface area contributed by atoms with Crippen LogP contribution in [0.1, 0.15) is 25.3 Å². The van der Waals surface area contributed by atoms with E-state index >= 15 is 0 Å². The number of pyridine rings is 1. The molecule has 3 heteroatoms. The number of nitrogens with zero attached hydrogens (tertiary/aromatic N) is 2. The van der Waals surface area contributed by atoms with Gasteiger partial charge in [0.2, 0.25) is 0 Å². The molecule has 0 unspecified atom stereocenters. The van der Waals surface area contributed by atoms with Crippen LogP contribution in [0.5, 0.6) is 0 Å². The molecular weight excluding hydrogens is 174 g/mol. The highest BCUT2D eigenvalue weighted by atomic mass is 15.2. The molecular formula is C11H16N3+. The van der Waals surface area contributed by atoms with Crippen molar-refractivity contribution in [3.05, 3.63) is 30.1 Å². The molecule has 1 aromatic heterocycles. The number of hydrogen-bond acceptors (Lipinski definition) is 2. The molecule has 2 heterocycles. The second-order valence-corrected chi connectivity index (χ2v) is 3.83. The molecule has 0 saturated heterocycles. The van der Waals surface area contributed by atoms with Crippen LogP contribution < -0.4 is 9.88 Å². The van der Waals surface area contributed by atoms with E-state index in [1.807, 2.05) is 6.20 Å². The highest BCUT2D eigenvalue weighted by Gasteiger charge is 2.16. The van der Waals surface area contributed by atoms with Gasteiger partial charge in [-0.3, -0.25) is 5.32 Å². The third-order valence-corrected chi connectivity index (χ3v) is 2.39. The van der Waals surface area contributed by atoms with Crippen LogP contribution in [0.4, 0.5) is 0 Å². The maximum Gasteiger partial charge on any atom is 0.391 e. The Morgan fingerprint density at radius 3 is 3.00 bits per heavy atom. The Kier molecular flexibility index (Phi) is 2.48. The Labute approximate surface area is 84.5 Å². The monoisotopic (exact) mass is 190 g/mol. The van der Waals surface area contributed by atoms with Crippen LogP contribution in [0.25, 0.3) is 0 Å². The Balaban J connectivity index is 2.30. The van der Waals surface area contributed by atoms with E-state index in [4.69, 9.17) is 0 Å². The van der Waals surface area contributed by atoms with E-state index in [9.17, 15) is 0 Å². The van der Waals surface area contributed by atoms with E-state index in [0.717, 1.165) is 19.0 Å². The highest BCUT2D eigenvalue weighted by Crippen LogP contribution is 2.10. The van der Waals surface area contributed by atoms with Crippen molar-refractivity contribution in [2.75, 3.05) is 13.1 Å². The van der Waals surface area contributed by atoms with Gasteiger partial charge in [0.1, 0.15) is 6.54 Å². The SMILES string of the molecule is CC(C)c1ccc[n+](C2=NCCN2)c1. The molecule has 1 aliphatic heterocycles. The average Bonchev–Trinajstić information content (AvgIpc) is 2.71. The molecule has 0 aliphatic carbocycles. The van der Waals surface area contributed by atoms with Gasteiger partial charge in [0.25, 0.3) is 0 Å². The summed E-state index contributed by atoms with van der Waals surface area (Å²) >= 11 is 0. The average molecular weight is 190 g/mol. The standard InChI is InChI=1S/C11H16N3/c1-9(2)10-4-3-7-14(8-10)11-12-5-6-13-11/h3-4,7-9H,5-6H2,1-2H3,(H,12,13)/q+1. The summed E-state index contributed by atoms with van der Waals surface area (Å²) in [4.78, 5) is 4.37. The third kappa shape index (κ3) is 1.76. The van der Waals surface area contributed by atoms with E-state index in [1.54, 1.807) is 0 Å². The van der Waals surface area contributed by atoms with Gasteiger partial charge in [-0.05, 0) is 17.5 Å². The highest BCUT2D eigenvalue weighted by molar-refractivity contribution is 5.72. The molecule has 14 heavy (non-hydrogen) atoms. The zero-order valence-corrected chi connectivity index (χ0v) is 8.70. The summed E-state index contributed by atoms with van der Waals surface area (Å²) in [7, 11) is 0. The van der Waals surface area contributed by atoms with Gasteiger partial charge in [-0.1, -0.05) is 19.9 Å². The number of hydrogen-bond donors (Lipinski definition) is 1. The third-order valence-electron chi connectivity index (χ3n) is 2.39. The molecule has 0 fully saturated rings. The number of aliphatic imine (C=N–C) groups is 1. The molecule has 0 aromatic carbocycles. The summed E-state index contributed by atoms with van der Waals surface area (Å²) < 4.78 is 2.06. The maximum absolute atomic E-state index is 4.37. The van der Waals surface area contributed by atoms with Crippen molar-refractivity contribution < 1.29 is 4.57 Å². The molecule has 0 saturated carbocycles. The van der Waals surface area contributed by atoms with Crippen LogP contribution in [0.2, 0.25) is 0 Å². The number of aromatic nitrogens is 1. The zero-order chi connectivity index (χ0) is 9.97. The summed E-state index contributed by atoms with van der Waals surface area (Å²) in [5.74, 6) is 1.52. The molecule has 2 rings (SSSR count). The molecule has 74 valence electrons. The van der Waals surface area contributed by atoms with Crippen molar-refractivity contribution in [1.29, 1.82) is 0 Å². The molecule has 0 bridgehead atoms. The molecule has 0 atom stereocenters. The Morgan fingerprint density at radius 2 is 2.36 bits per heavy atom. The van der Waals surface area contributed by atoms with E-state index in [0.29, 0.717) is 5.92 Å². The minimum absolute atomic E-state index is 0.560. The van der Waals surface area contributed by atoms with Crippen LogP contribution in [-0.4, -0.2) is 19.0 Å². The van der Waals surface area contributed by atoms with Crippen LogP contribution in [0.15, 0.2) is 29.5 Å². The zero-order valence-electron chi connectivity index (χ0n) is 8.70. The maximum atomic E-state index is 4.37. The van der Waals surface area contributed by atoms with E-state index in [-0.39, 0.29) is 0 Å². The van der Waals surface area contributed by atoms with Crippen molar-refractivity contribution in [1.82, 2.24) is 5.32 Å². The fourth-order valence-electron chi connectivity index (χ4n) is 1.53. The molecule has 3 nitrogen and oxygen atoms in total. The largest absolute Gasteiger partial charge is 0.391 e. The van der Waals surface area contributed by atoms with E-state index < -0.39 is 0 Å². The lowest BCUT2D eigenvalue weighted by Gasteiger charge is -2.05. The van der Waals surface area contributed by atoms with Gasteiger partial charge in [0, 0.05) is 0 Å². The lowest BCUT2D eigenvalue weighted by Crippen LogP contribution is -2.49. The minimum Gasteiger partial charge on any atom is -0.271 e. The van der Waals surface area contributed by atoms with Gasteiger partial charge < -0.3 is 0 Å². The Bertz CT molecular complexity index is 355. The number of nitrogens with one attached hydrogen (secondary N) is 1. The molecule has 1 aromatic rings. The smallest absolute Gasteiger partial charge is 0.271 e. The van der Waals surface area contributed by atoms with Gasteiger partial charge in [0.15, 0.2) is 0 Å². The second kappa shape index (κ2) is 3.78. The predicted molar refractivity (Wildman–Crippen MR) is 56.4 cm³/mol. The normalized spacial score (nSPS) is 15.5.